The quantitative estimate of drug-likeness (QED) is 0.234. The van der Waals surface area contributed by atoms with Crippen LogP contribution in [-0.4, -0.2) is 72.7 Å². The largest absolute Gasteiger partial charge is 0.480 e. The molecule has 1 amide bonds. The van der Waals surface area contributed by atoms with Crippen LogP contribution in [0.4, 0.5) is 0 Å². The third kappa shape index (κ3) is 9.15. The van der Waals surface area contributed by atoms with E-state index in [1.165, 1.54) is 6.42 Å². The maximum atomic E-state index is 13.6. The van der Waals surface area contributed by atoms with Crippen LogP contribution < -0.4 is 16.1 Å². The summed E-state index contributed by atoms with van der Waals surface area (Å²) in [5, 5.41) is 15.5. The Bertz CT molecular complexity index is 643. The molecule has 3 aliphatic rings. The highest BCUT2D eigenvalue weighted by Crippen LogP contribution is 2.29. The molecule has 1 atom stereocenters. The third-order valence-corrected chi connectivity index (χ3v) is 7.74. The van der Waals surface area contributed by atoms with Gasteiger partial charge < -0.3 is 20.2 Å². The van der Waals surface area contributed by atoms with Crippen molar-refractivity contribution in [3.05, 3.63) is 0 Å². The van der Waals surface area contributed by atoms with Gasteiger partial charge in [0, 0.05) is 12.6 Å². The average Bonchev–Trinajstić information content (AvgIpc) is 3.38. The Morgan fingerprint density at radius 2 is 1.62 bits per heavy atom. The zero-order valence-corrected chi connectivity index (χ0v) is 20.6. The molecule has 1 heterocycles. The van der Waals surface area contributed by atoms with Gasteiger partial charge in [-0.3, -0.25) is 14.9 Å². The Hall–Kier alpha value is -1.71. The van der Waals surface area contributed by atoms with Gasteiger partial charge in [-0.1, -0.05) is 44.9 Å². The summed E-state index contributed by atoms with van der Waals surface area (Å²) in [6.45, 7) is 2.34. The Balaban J connectivity index is 1.54. The van der Waals surface area contributed by atoms with E-state index in [1.54, 1.807) is 4.90 Å². The number of hydroxylamine groups is 1. The standard InChI is InChI=1S/C25H44N4O5/c30-23(31)17-27-22(16-20-6-2-1-3-7-20)25(33)29(21-8-4-5-9-21)18-24(32)34-28-15-12-19-10-13-26-14-11-19/h19-22,26-28H,1-18H2,(H,30,31)/t22-/m1/s1. The van der Waals surface area contributed by atoms with Crippen LogP contribution in [0.5, 0.6) is 0 Å². The fourth-order valence-corrected chi connectivity index (χ4v) is 5.78. The minimum absolute atomic E-state index is 0.00951. The van der Waals surface area contributed by atoms with Gasteiger partial charge >= 0.3 is 11.9 Å². The first-order chi connectivity index (χ1) is 16.5. The number of carbonyl (C=O) groups excluding carboxylic acids is 2. The van der Waals surface area contributed by atoms with Crippen LogP contribution in [0.1, 0.15) is 83.5 Å². The van der Waals surface area contributed by atoms with E-state index in [4.69, 9.17) is 4.84 Å². The Labute approximate surface area is 203 Å². The lowest BCUT2D eigenvalue weighted by Gasteiger charge is -2.33. The highest BCUT2D eigenvalue weighted by Gasteiger charge is 2.34. The van der Waals surface area contributed by atoms with Crippen LogP contribution in [0.2, 0.25) is 0 Å². The van der Waals surface area contributed by atoms with Gasteiger partial charge in [-0.15, -0.1) is 0 Å². The van der Waals surface area contributed by atoms with Gasteiger partial charge in [0.1, 0.15) is 6.54 Å². The zero-order valence-electron chi connectivity index (χ0n) is 20.6. The van der Waals surface area contributed by atoms with E-state index in [2.05, 4.69) is 16.1 Å². The van der Waals surface area contributed by atoms with E-state index in [0.29, 0.717) is 24.8 Å². The van der Waals surface area contributed by atoms with Crippen molar-refractivity contribution in [2.45, 2.75) is 95.6 Å². The summed E-state index contributed by atoms with van der Waals surface area (Å²) < 4.78 is 0. The van der Waals surface area contributed by atoms with Crippen molar-refractivity contribution in [3.8, 4) is 0 Å². The van der Waals surface area contributed by atoms with Gasteiger partial charge in [0.2, 0.25) is 5.91 Å². The molecule has 2 saturated carbocycles. The van der Waals surface area contributed by atoms with Gasteiger partial charge in [-0.25, -0.2) is 4.79 Å². The van der Waals surface area contributed by atoms with Crippen molar-refractivity contribution in [3.63, 3.8) is 0 Å². The summed E-state index contributed by atoms with van der Waals surface area (Å²) in [4.78, 5) is 44.4. The van der Waals surface area contributed by atoms with Crippen molar-refractivity contribution in [1.82, 2.24) is 21.0 Å². The number of carbonyl (C=O) groups is 3. The number of carboxylic acids is 1. The molecule has 1 saturated heterocycles. The molecule has 0 unspecified atom stereocenters. The van der Waals surface area contributed by atoms with Crippen LogP contribution >= 0.6 is 0 Å². The van der Waals surface area contributed by atoms with Gasteiger partial charge in [-0.05, 0) is 63.5 Å². The second-order valence-electron chi connectivity index (χ2n) is 10.3. The first-order valence-corrected chi connectivity index (χ1v) is 13.4. The topological polar surface area (TPSA) is 120 Å². The van der Waals surface area contributed by atoms with Crippen LogP contribution in [0.25, 0.3) is 0 Å². The van der Waals surface area contributed by atoms with Crippen LogP contribution in [0.3, 0.4) is 0 Å². The normalized spacial score (nSPS) is 21.3. The monoisotopic (exact) mass is 480 g/mol. The molecule has 4 N–H and O–H groups in total. The Morgan fingerprint density at radius 1 is 0.941 bits per heavy atom. The first kappa shape index (κ1) is 26.9. The predicted octanol–water partition coefficient (Wildman–Crippen LogP) is 2.21. The van der Waals surface area contributed by atoms with Crippen molar-refractivity contribution < 1.29 is 24.3 Å². The van der Waals surface area contributed by atoms with Gasteiger partial charge in [0.15, 0.2) is 0 Å². The number of aliphatic carboxylic acids is 1. The summed E-state index contributed by atoms with van der Waals surface area (Å²) in [5.41, 5.74) is 2.80. The minimum Gasteiger partial charge on any atom is -0.480 e. The van der Waals surface area contributed by atoms with Crippen molar-refractivity contribution >= 4 is 17.8 Å². The molecular weight excluding hydrogens is 436 g/mol. The molecule has 0 radical (unpaired) electrons. The van der Waals surface area contributed by atoms with Crippen molar-refractivity contribution in [2.75, 3.05) is 32.7 Å². The third-order valence-electron chi connectivity index (χ3n) is 7.74. The number of hydrogen-bond acceptors (Lipinski definition) is 7. The number of hydrogen-bond donors (Lipinski definition) is 4. The number of nitrogens with one attached hydrogen (secondary N) is 3. The second-order valence-corrected chi connectivity index (χ2v) is 10.3. The van der Waals surface area contributed by atoms with E-state index in [0.717, 1.165) is 83.7 Å². The molecule has 2 aliphatic carbocycles. The van der Waals surface area contributed by atoms with E-state index in [9.17, 15) is 19.5 Å². The lowest BCUT2D eigenvalue weighted by atomic mass is 9.84. The molecule has 9 heteroatoms. The lowest BCUT2D eigenvalue weighted by Crippen LogP contribution is -2.53. The fraction of sp³-hybridized carbons (Fsp3) is 0.880. The molecule has 0 bridgehead atoms. The molecular formula is C25H44N4O5. The Morgan fingerprint density at radius 3 is 2.29 bits per heavy atom. The zero-order chi connectivity index (χ0) is 24.2. The highest BCUT2D eigenvalue weighted by atomic mass is 16.7. The summed E-state index contributed by atoms with van der Waals surface area (Å²) in [6.07, 6.45) is 13.4. The summed E-state index contributed by atoms with van der Waals surface area (Å²) in [5.74, 6) is -0.542. The molecule has 194 valence electrons. The predicted molar refractivity (Wildman–Crippen MR) is 129 cm³/mol. The smallest absolute Gasteiger partial charge is 0.344 e. The molecule has 1 aliphatic heterocycles. The fourth-order valence-electron chi connectivity index (χ4n) is 5.78. The maximum Gasteiger partial charge on any atom is 0.344 e. The number of rotatable bonds is 13. The van der Waals surface area contributed by atoms with Crippen LogP contribution in [0, 0.1) is 11.8 Å². The average molecular weight is 481 g/mol. The lowest BCUT2D eigenvalue weighted by molar-refractivity contribution is -0.157. The van der Waals surface area contributed by atoms with Crippen LogP contribution in [-0.2, 0) is 19.2 Å². The SMILES string of the molecule is O=C(O)CN[C@H](CC1CCCCC1)C(=O)N(CC(=O)ONCCC1CCNCC1)C1CCCC1. The molecule has 0 aromatic carbocycles. The molecule has 0 spiro atoms. The number of carboxylic acid groups (broad SMARTS) is 1. The van der Waals surface area contributed by atoms with E-state index >= 15 is 0 Å². The van der Waals surface area contributed by atoms with Gasteiger partial charge in [-0.2, -0.15) is 5.48 Å². The number of amides is 1. The van der Waals surface area contributed by atoms with E-state index in [-0.39, 0.29) is 25.0 Å². The molecule has 3 rings (SSSR count). The van der Waals surface area contributed by atoms with Gasteiger partial charge in [0.25, 0.3) is 0 Å². The molecule has 0 aromatic rings. The highest BCUT2D eigenvalue weighted by molar-refractivity contribution is 5.86. The maximum absolute atomic E-state index is 13.6. The molecule has 34 heavy (non-hydrogen) atoms. The first-order valence-electron chi connectivity index (χ1n) is 13.4. The van der Waals surface area contributed by atoms with Crippen molar-refractivity contribution in [2.24, 2.45) is 11.8 Å². The molecule has 9 nitrogen and oxygen atoms in total. The molecule has 0 aromatic heterocycles. The minimum atomic E-state index is -0.980. The number of piperidine rings is 1. The number of nitrogens with zero attached hydrogens (tertiary/aromatic N) is 1. The summed E-state index contributed by atoms with van der Waals surface area (Å²) in [6, 6.07) is -0.573. The summed E-state index contributed by atoms with van der Waals surface area (Å²) in [7, 11) is 0. The van der Waals surface area contributed by atoms with Gasteiger partial charge in [0.05, 0.1) is 12.6 Å². The van der Waals surface area contributed by atoms with Crippen molar-refractivity contribution in [1.29, 1.82) is 0 Å². The van der Waals surface area contributed by atoms with E-state index in [1.807, 2.05) is 0 Å². The van der Waals surface area contributed by atoms with Crippen LogP contribution in [0.15, 0.2) is 0 Å². The van der Waals surface area contributed by atoms with E-state index < -0.39 is 18.0 Å². The second kappa shape index (κ2) is 14.6. The molecule has 3 fully saturated rings. The Kier molecular flexibility index (Phi) is 11.6. The summed E-state index contributed by atoms with van der Waals surface area (Å²) >= 11 is 0.